The van der Waals surface area contributed by atoms with E-state index in [9.17, 15) is 4.79 Å². The van der Waals surface area contributed by atoms with Crippen molar-refractivity contribution in [3.63, 3.8) is 0 Å². The largest absolute Gasteiger partial charge is 0.321 e. The van der Waals surface area contributed by atoms with Gasteiger partial charge in [0.15, 0.2) is 5.16 Å². The molecule has 7 heteroatoms. The summed E-state index contributed by atoms with van der Waals surface area (Å²) in [6.45, 7) is 0. The lowest BCUT2D eigenvalue weighted by Crippen LogP contribution is -2.15. The number of nitrogens with zero attached hydrogens (tertiary/aromatic N) is 3. The van der Waals surface area contributed by atoms with E-state index < -0.39 is 0 Å². The molecular weight excluding hydrogens is 388 g/mol. The predicted octanol–water partition coefficient (Wildman–Crippen LogP) is 4.18. The number of pyridine rings is 1. The maximum absolute atomic E-state index is 12.4. The summed E-state index contributed by atoms with van der Waals surface area (Å²) in [6, 6.07) is 13.5. The molecule has 1 amide bonds. The predicted molar refractivity (Wildman–Crippen MR) is 97.9 cm³/mol. The lowest BCUT2D eigenvalue weighted by molar-refractivity contribution is 0.102. The molecule has 3 aromatic rings. The van der Waals surface area contributed by atoms with Crippen LogP contribution in [0.4, 0.5) is 5.69 Å². The second kappa shape index (κ2) is 8.03. The Hall–Kier alpha value is -2.25. The minimum Gasteiger partial charge on any atom is -0.321 e. The highest BCUT2D eigenvalue weighted by Crippen LogP contribution is 2.22. The van der Waals surface area contributed by atoms with Gasteiger partial charge < -0.3 is 5.32 Å². The van der Waals surface area contributed by atoms with Gasteiger partial charge >= 0.3 is 0 Å². The number of aromatic nitrogens is 3. The van der Waals surface area contributed by atoms with Gasteiger partial charge in [-0.05, 0) is 33.6 Å². The van der Waals surface area contributed by atoms with Gasteiger partial charge in [0.05, 0.1) is 4.47 Å². The van der Waals surface area contributed by atoms with Gasteiger partial charge in [0.25, 0.3) is 5.91 Å². The van der Waals surface area contributed by atoms with Crippen LogP contribution in [0, 0.1) is 0 Å². The van der Waals surface area contributed by atoms with Crippen LogP contribution >= 0.6 is 27.7 Å². The van der Waals surface area contributed by atoms with Crippen molar-refractivity contribution in [1.29, 1.82) is 0 Å². The van der Waals surface area contributed by atoms with Crippen LogP contribution in [0.5, 0.6) is 0 Å². The Kier molecular flexibility index (Phi) is 5.55. The number of halogens is 1. The smallest absolute Gasteiger partial charge is 0.275 e. The van der Waals surface area contributed by atoms with Crippen molar-refractivity contribution in [2.75, 3.05) is 5.32 Å². The maximum Gasteiger partial charge on any atom is 0.275 e. The zero-order chi connectivity index (χ0) is 16.8. The van der Waals surface area contributed by atoms with Crippen molar-refractivity contribution in [2.24, 2.45) is 0 Å². The number of carbonyl (C=O) groups is 1. The van der Waals surface area contributed by atoms with Crippen LogP contribution in [-0.4, -0.2) is 20.9 Å². The molecule has 0 atom stereocenters. The average molecular weight is 401 g/mol. The van der Waals surface area contributed by atoms with Gasteiger partial charge in [-0.25, -0.2) is 9.97 Å². The summed E-state index contributed by atoms with van der Waals surface area (Å²) in [6.07, 6.45) is 4.83. The first-order chi connectivity index (χ1) is 11.7. The van der Waals surface area contributed by atoms with Gasteiger partial charge in [-0.1, -0.05) is 42.1 Å². The Balaban J connectivity index is 1.72. The highest BCUT2D eigenvalue weighted by molar-refractivity contribution is 9.10. The highest BCUT2D eigenvalue weighted by Gasteiger charge is 2.14. The second-order valence-electron chi connectivity index (χ2n) is 4.81. The minimum atomic E-state index is -0.294. The van der Waals surface area contributed by atoms with Crippen LogP contribution in [0.3, 0.4) is 0 Å². The maximum atomic E-state index is 12.4. The summed E-state index contributed by atoms with van der Waals surface area (Å²) in [5.74, 6) is 0.450. The molecule has 1 aromatic carbocycles. The molecule has 0 radical (unpaired) electrons. The Morgan fingerprint density at radius 1 is 1.12 bits per heavy atom. The average Bonchev–Trinajstić information content (AvgIpc) is 2.62. The molecule has 0 aliphatic heterocycles. The fraction of sp³-hybridized carbons (Fsp3) is 0.0588. The third-order valence-electron chi connectivity index (χ3n) is 3.09. The van der Waals surface area contributed by atoms with Crippen LogP contribution in [0.15, 0.2) is 70.7 Å². The monoisotopic (exact) mass is 400 g/mol. The molecule has 0 bridgehead atoms. The topological polar surface area (TPSA) is 67.8 Å². The molecule has 2 heterocycles. The molecule has 0 spiro atoms. The normalized spacial score (nSPS) is 10.4. The number of amides is 1. The van der Waals surface area contributed by atoms with Crippen molar-refractivity contribution in [1.82, 2.24) is 15.0 Å². The Morgan fingerprint density at radius 3 is 2.62 bits per heavy atom. The number of rotatable bonds is 5. The molecule has 24 heavy (non-hydrogen) atoms. The summed E-state index contributed by atoms with van der Waals surface area (Å²) in [4.78, 5) is 24.9. The summed E-state index contributed by atoms with van der Waals surface area (Å²) in [7, 11) is 0. The van der Waals surface area contributed by atoms with Crippen molar-refractivity contribution in [2.45, 2.75) is 10.9 Å². The number of carbonyl (C=O) groups excluding carboxylic acids is 1. The fourth-order valence-corrected chi connectivity index (χ4v) is 3.07. The van der Waals surface area contributed by atoms with Crippen LogP contribution in [-0.2, 0) is 5.75 Å². The number of thioether (sulfide) groups is 1. The van der Waals surface area contributed by atoms with E-state index in [-0.39, 0.29) is 5.91 Å². The SMILES string of the molecule is O=C(Nc1ccncc1)c1nc(SCc2ccccc2)ncc1Br. The molecule has 0 saturated carbocycles. The second-order valence-corrected chi connectivity index (χ2v) is 6.61. The van der Waals surface area contributed by atoms with Gasteiger partial charge in [0.1, 0.15) is 5.69 Å². The van der Waals surface area contributed by atoms with E-state index in [2.05, 4.69) is 36.2 Å². The number of nitrogens with one attached hydrogen (secondary N) is 1. The Labute approximate surface area is 152 Å². The lowest BCUT2D eigenvalue weighted by atomic mass is 10.2. The van der Waals surface area contributed by atoms with Crippen LogP contribution < -0.4 is 5.32 Å². The van der Waals surface area contributed by atoms with Gasteiger partial charge in [-0.15, -0.1) is 0 Å². The summed E-state index contributed by atoms with van der Waals surface area (Å²) < 4.78 is 0.554. The van der Waals surface area contributed by atoms with Gasteiger partial charge in [0, 0.05) is 30.0 Å². The van der Waals surface area contributed by atoms with E-state index in [4.69, 9.17) is 0 Å². The number of anilines is 1. The van der Waals surface area contributed by atoms with Crippen LogP contribution in [0.2, 0.25) is 0 Å². The number of hydrogen-bond acceptors (Lipinski definition) is 5. The summed E-state index contributed by atoms with van der Waals surface area (Å²) in [5.41, 5.74) is 2.15. The molecule has 120 valence electrons. The van der Waals surface area contributed by atoms with E-state index in [0.29, 0.717) is 21.0 Å². The Bertz CT molecular complexity index is 831. The fourth-order valence-electron chi connectivity index (χ4n) is 1.93. The number of benzene rings is 1. The van der Waals surface area contributed by atoms with E-state index in [1.54, 1.807) is 30.7 Å². The molecule has 5 nitrogen and oxygen atoms in total. The summed E-state index contributed by atoms with van der Waals surface area (Å²) in [5, 5.41) is 3.35. The summed E-state index contributed by atoms with van der Waals surface area (Å²) >= 11 is 4.82. The first-order valence-corrected chi connectivity index (χ1v) is 8.91. The standard InChI is InChI=1S/C17H13BrN4OS/c18-14-10-20-17(24-11-12-4-2-1-3-5-12)22-15(14)16(23)21-13-6-8-19-9-7-13/h1-10H,11H2,(H,19,21,23). The van der Waals surface area contributed by atoms with Gasteiger partial charge in [0.2, 0.25) is 0 Å². The minimum absolute atomic E-state index is 0.294. The molecule has 0 aliphatic rings. The molecule has 1 N–H and O–H groups in total. The first kappa shape index (κ1) is 16.6. The van der Waals surface area contributed by atoms with Crippen molar-refractivity contribution < 1.29 is 4.79 Å². The molecular formula is C17H13BrN4OS. The van der Waals surface area contributed by atoms with Gasteiger partial charge in [-0.2, -0.15) is 0 Å². The van der Waals surface area contributed by atoms with E-state index in [1.807, 2.05) is 30.3 Å². The molecule has 2 aromatic heterocycles. The van der Waals surface area contributed by atoms with Crippen molar-refractivity contribution >= 4 is 39.3 Å². The molecule has 0 saturated heterocycles. The number of hydrogen-bond donors (Lipinski definition) is 1. The van der Waals surface area contributed by atoms with Gasteiger partial charge in [-0.3, -0.25) is 9.78 Å². The van der Waals surface area contributed by atoms with Crippen molar-refractivity contribution in [3.05, 3.63) is 76.8 Å². The molecule has 0 fully saturated rings. The van der Waals surface area contributed by atoms with Crippen molar-refractivity contribution in [3.8, 4) is 0 Å². The molecule has 0 unspecified atom stereocenters. The first-order valence-electron chi connectivity index (χ1n) is 7.13. The third-order valence-corrected chi connectivity index (χ3v) is 4.60. The highest BCUT2D eigenvalue weighted by atomic mass is 79.9. The van der Waals surface area contributed by atoms with E-state index >= 15 is 0 Å². The zero-order valence-corrected chi connectivity index (χ0v) is 14.9. The van der Waals surface area contributed by atoms with Crippen LogP contribution in [0.25, 0.3) is 0 Å². The van der Waals surface area contributed by atoms with E-state index in [0.717, 1.165) is 5.75 Å². The zero-order valence-electron chi connectivity index (χ0n) is 12.5. The molecule has 0 aliphatic carbocycles. The third kappa shape index (κ3) is 4.39. The quantitative estimate of drug-likeness (QED) is 0.513. The van der Waals surface area contributed by atoms with Crippen LogP contribution in [0.1, 0.15) is 16.1 Å². The Morgan fingerprint density at radius 2 is 1.88 bits per heavy atom. The van der Waals surface area contributed by atoms with E-state index in [1.165, 1.54) is 17.3 Å². The molecule has 3 rings (SSSR count). The lowest BCUT2D eigenvalue weighted by Gasteiger charge is -2.07.